The van der Waals surface area contributed by atoms with E-state index in [0.717, 1.165) is 0 Å². The predicted octanol–water partition coefficient (Wildman–Crippen LogP) is 3.69. The van der Waals surface area contributed by atoms with Crippen molar-refractivity contribution in [3.05, 3.63) is 0 Å². The Morgan fingerprint density at radius 3 is 1.45 bits per heavy atom. The second-order valence-electron chi connectivity index (χ2n) is 1.80. The van der Waals surface area contributed by atoms with Crippen LogP contribution in [0.2, 0.25) is 0 Å². The zero-order valence-electron chi connectivity index (χ0n) is 4.93. The minimum Gasteiger partial charge on any atom is -0.196 e. The summed E-state index contributed by atoms with van der Waals surface area (Å²) in [5.74, 6) is -4.63. The Morgan fingerprint density at radius 2 is 1.36 bits per heavy atom. The zero-order chi connectivity index (χ0) is 9.28. The van der Waals surface area contributed by atoms with Gasteiger partial charge in [-0.15, -0.1) is 0 Å². The smallest absolute Gasteiger partial charge is 0.196 e. The van der Waals surface area contributed by atoms with Gasteiger partial charge in [-0.05, 0) is 0 Å². The van der Waals surface area contributed by atoms with E-state index in [1.165, 1.54) is 0 Å². The molecule has 0 amide bonds. The standard InChI is InChI=1S/C4H3Br2F5/c5-2(6)1-3(7,8)4(9,10)11/h2H,1H2. The van der Waals surface area contributed by atoms with Gasteiger partial charge >= 0.3 is 12.1 Å². The summed E-state index contributed by atoms with van der Waals surface area (Å²) in [6.45, 7) is 0. The van der Waals surface area contributed by atoms with E-state index in [1.807, 2.05) is 0 Å². The van der Waals surface area contributed by atoms with Gasteiger partial charge < -0.3 is 0 Å². The molecule has 0 atom stereocenters. The molecule has 0 bridgehead atoms. The van der Waals surface area contributed by atoms with E-state index in [4.69, 9.17) is 0 Å². The fourth-order valence-corrected chi connectivity index (χ4v) is 1.12. The van der Waals surface area contributed by atoms with Crippen molar-refractivity contribution in [2.45, 2.75) is 22.3 Å². The summed E-state index contributed by atoms with van der Waals surface area (Å²) < 4.78 is 57.2. The first-order valence-corrected chi connectivity index (χ1v) is 4.22. The molecule has 0 aliphatic carbocycles. The normalized spacial score (nSPS) is 14.2. The molecule has 0 aromatic heterocycles. The van der Waals surface area contributed by atoms with Gasteiger partial charge in [-0.1, -0.05) is 31.9 Å². The van der Waals surface area contributed by atoms with E-state index >= 15 is 0 Å². The van der Waals surface area contributed by atoms with Gasteiger partial charge in [0.1, 0.15) is 0 Å². The Balaban J connectivity index is 4.22. The highest BCUT2D eigenvalue weighted by Crippen LogP contribution is 2.40. The third-order valence-corrected chi connectivity index (χ3v) is 1.47. The molecule has 7 heteroatoms. The second-order valence-corrected chi connectivity index (χ2v) is 5.24. The number of hydrogen-bond donors (Lipinski definition) is 0. The van der Waals surface area contributed by atoms with Crippen LogP contribution >= 0.6 is 31.9 Å². The van der Waals surface area contributed by atoms with Crippen LogP contribution in [0.3, 0.4) is 0 Å². The highest BCUT2D eigenvalue weighted by molar-refractivity contribution is 9.24. The van der Waals surface area contributed by atoms with Crippen molar-refractivity contribution in [3.8, 4) is 0 Å². The summed E-state index contributed by atoms with van der Waals surface area (Å²) in [5.41, 5.74) is 0. The van der Waals surface area contributed by atoms with E-state index in [1.54, 1.807) is 0 Å². The van der Waals surface area contributed by atoms with Gasteiger partial charge in [-0.2, -0.15) is 22.0 Å². The summed E-state index contributed by atoms with van der Waals surface area (Å²) in [4.78, 5) is 0. The molecule has 0 aromatic carbocycles. The molecule has 0 radical (unpaired) electrons. The van der Waals surface area contributed by atoms with Crippen molar-refractivity contribution in [2.75, 3.05) is 0 Å². The first-order chi connectivity index (χ1) is 4.67. The van der Waals surface area contributed by atoms with Crippen molar-refractivity contribution < 1.29 is 22.0 Å². The Bertz CT molecular complexity index is 129. The summed E-state index contributed by atoms with van der Waals surface area (Å²) in [6.07, 6.45) is -6.77. The molecule has 0 spiro atoms. The Morgan fingerprint density at radius 1 is 1.00 bits per heavy atom. The van der Waals surface area contributed by atoms with Crippen molar-refractivity contribution in [3.63, 3.8) is 0 Å². The van der Waals surface area contributed by atoms with Crippen molar-refractivity contribution in [2.24, 2.45) is 0 Å². The van der Waals surface area contributed by atoms with E-state index in [-0.39, 0.29) is 0 Å². The van der Waals surface area contributed by atoms with Gasteiger partial charge in [0.15, 0.2) is 0 Å². The molecular formula is C4H3Br2F5. The molecule has 11 heavy (non-hydrogen) atoms. The van der Waals surface area contributed by atoms with E-state index in [0.29, 0.717) is 0 Å². The molecule has 0 N–H and O–H groups in total. The lowest BCUT2D eigenvalue weighted by atomic mass is 10.2. The Hall–Kier alpha value is 0.610. The van der Waals surface area contributed by atoms with Crippen LogP contribution in [0.15, 0.2) is 0 Å². The maximum absolute atomic E-state index is 12.0. The molecule has 0 aliphatic rings. The molecule has 0 nitrogen and oxygen atoms in total. The van der Waals surface area contributed by atoms with Crippen LogP contribution in [0.5, 0.6) is 0 Å². The van der Waals surface area contributed by atoms with Crippen molar-refractivity contribution in [1.29, 1.82) is 0 Å². The Kier molecular flexibility index (Phi) is 3.75. The maximum Gasteiger partial charge on any atom is 0.453 e. The topological polar surface area (TPSA) is 0 Å². The number of rotatable bonds is 2. The number of hydrogen-bond acceptors (Lipinski definition) is 0. The summed E-state index contributed by atoms with van der Waals surface area (Å²) >= 11 is 5.08. The number of halogens is 7. The molecule has 0 saturated carbocycles. The molecule has 0 aromatic rings. The fourth-order valence-electron chi connectivity index (χ4n) is 0.310. The Labute approximate surface area is 76.4 Å². The first-order valence-electron chi connectivity index (χ1n) is 2.39. The minimum atomic E-state index is -5.47. The highest BCUT2D eigenvalue weighted by Gasteiger charge is 2.57. The minimum absolute atomic E-state index is 1.04. The van der Waals surface area contributed by atoms with E-state index in [9.17, 15) is 22.0 Å². The average molecular weight is 306 g/mol. The monoisotopic (exact) mass is 304 g/mol. The first kappa shape index (κ1) is 11.6. The second kappa shape index (κ2) is 3.55. The molecule has 0 saturated heterocycles. The quantitative estimate of drug-likeness (QED) is 0.539. The fraction of sp³-hybridized carbons (Fsp3) is 1.00. The lowest BCUT2D eigenvalue weighted by Crippen LogP contribution is -2.37. The van der Waals surface area contributed by atoms with Gasteiger partial charge in [0, 0.05) is 6.42 Å². The summed E-state index contributed by atoms with van der Waals surface area (Å²) in [5, 5.41) is 0. The lowest BCUT2D eigenvalue weighted by molar-refractivity contribution is -0.282. The van der Waals surface area contributed by atoms with E-state index < -0.39 is 22.3 Å². The van der Waals surface area contributed by atoms with Crippen molar-refractivity contribution in [1.82, 2.24) is 0 Å². The van der Waals surface area contributed by atoms with Crippen LogP contribution in [0.4, 0.5) is 22.0 Å². The van der Waals surface area contributed by atoms with Gasteiger partial charge in [0.25, 0.3) is 0 Å². The lowest BCUT2D eigenvalue weighted by Gasteiger charge is -2.19. The van der Waals surface area contributed by atoms with Crippen molar-refractivity contribution >= 4 is 31.9 Å². The molecule has 0 heterocycles. The summed E-state index contributed by atoms with van der Waals surface area (Å²) in [6, 6.07) is 0. The molecular weight excluding hydrogens is 303 g/mol. The molecule has 0 rings (SSSR count). The molecule has 68 valence electrons. The summed E-state index contributed by atoms with van der Waals surface area (Å²) in [7, 11) is 0. The SMILES string of the molecule is FC(F)(F)C(F)(F)CC(Br)Br. The van der Waals surface area contributed by atoms with Crippen LogP contribution in [0.25, 0.3) is 0 Å². The molecule has 0 aliphatic heterocycles. The van der Waals surface area contributed by atoms with Crippen LogP contribution in [-0.4, -0.2) is 15.8 Å². The van der Waals surface area contributed by atoms with E-state index in [2.05, 4.69) is 31.9 Å². The molecule has 0 unspecified atom stereocenters. The van der Waals surface area contributed by atoms with Gasteiger partial charge in [-0.3, -0.25) is 0 Å². The third kappa shape index (κ3) is 3.68. The van der Waals surface area contributed by atoms with Crippen LogP contribution in [0.1, 0.15) is 6.42 Å². The maximum atomic E-state index is 12.0. The van der Waals surface area contributed by atoms with Gasteiger partial charge in [0.05, 0.1) is 3.74 Å². The van der Waals surface area contributed by atoms with Crippen LogP contribution in [-0.2, 0) is 0 Å². The van der Waals surface area contributed by atoms with Crippen LogP contribution in [0, 0.1) is 0 Å². The number of alkyl halides is 7. The third-order valence-electron chi connectivity index (χ3n) is 0.825. The largest absolute Gasteiger partial charge is 0.453 e. The predicted molar refractivity (Wildman–Crippen MR) is 37.3 cm³/mol. The van der Waals surface area contributed by atoms with Gasteiger partial charge in [0.2, 0.25) is 0 Å². The average Bonchev–Trinajstić information content (AvgIpc) is 1.56. The zero-order valence-corrected chi connectivity index (χ0v) is 8.10. The molecule has 0 fully saturated rings. The van der Waals surface area contributed by atoms with Gasteiger partial charge in [-0.25, -0.2) is 0 Å². The highest BCUT2D eigenvalue weighted by atomic mass is 79.9. The van der Waals surface area contributed by atoms with Crippen LogP contribution < -0.4 is 0 Å².